The summed E-state index contributed by atoms with van der Waals surface area (Å²) in [6.45, 7) is 2.03. The van der Waals surface area contributed by atoms with Gasteiger partial charge in [0.2, 0.25) is 0 Å². The molecule has 5 nitrogen and oxygen atoms in total. The highest BCUT2D eigenvalue weighted by atomic mass is 35.5. The Morgan fingerprint density at radius 2 is 1.85 bits per heavy atom. The number of sulfonamides is 1. The van der Waals surface area contributed by atoms with Crippen molar-refractivity contribution in [2.45, 2.75) is 11.8 Å². The molecule has 8 heteroatoms. The summed E-state index contributed by atoms with van der Waals surface area (Å²) in [6.07, 6.45) is 1.98. The third-order valence-corrected chi connectivity index (χ3v) is 6.79. The highest BCUT2D eigenvalue weighted by molar-refractivity contribution is 7.92. The van der Waals surface area contributed by atoms with E-state index in [1.54, 1.807) is 41.7 Å². The van der Waals surface area contributed by atoms with Crippen molar-refractivity contribution in [1.82, 2.24) is 9.38 Å². The van der Waals surface area contributed by atoms with Crippen LogP contribution in [0.15, 0.2) is 65.0 Å². The van der Waals surface area contributed by atoms with E-state index in [2.05, 4.69) is 15.1 Å². The van der Waals surface area contributed by atoms with Crippen LogP contribution in [-0.4, -0.2) is 17.8 Å². The van der Waals surface area contributed by atoms with E-state index >= 15 is 0 Å². The van der Waals surface area contributed by atoms with Crippen LogP contribution in [0.3, 0.4) is 0 Å². The Bertz CT molecular complexity index is 1190. The minimum absolute atomic E-state index is 0.0514. The van der Waals surface area contributed by atoms with Crippen LogP contribution in [0, 0.1) is 6.92 Å². The van der Waals surface area contributed by atoms with E-state index in [9.17, 15) is 8.42 Å². The molecule has 0 amide bonds. The lowest BCUT2D eigenvalue weighted by Gasteiger charge is -2.09. The van der Waals surface area contributed by atoms with Crippen molar-refractivity contribution in [1.29, 1.82) is 0 Å². The highest BCUT2D eigenvalue weighted by Gasteiger charge is 2.17. The van der Waals surface area contributed by atoms with Crippen molar-refractivity contribution in [3.8, 4) is 11.3 Å². The molecular formula is C18H14ClN3O2S2. The van der Waals surface area contributed by atoms with Gasteiger partial charge in [-0.25, -0.2) is 13.4 Å². The summed E-state index contributed by atoms with van der Waals surface area (Å²) in [5.74, 6) is 0. The van der Waals surface area contributed by atoms with Gasteiger partial charge in [-0.1, -0.05) is 35.9 Å². The van der Waals surface area contributed by atoms with E-state index in [-0.39, 0.29) is 9.92 Å². The number of aryl methyl sites for hydroxylation is 1. The summed E-state index contributed by atoms with van der Waals surface area (Å²) in [6, 6.07) is 13.4. The lowest BCUT2D eigenvalue weighted by molar-refractivity contribution is 0.601. The zero-order valence-electron chi connectivity index (χ0n) is 13.7. The number of fused-ring (bicyclic) bond motifs is 1. The minimum atomic E-state index is -3.74. The maximum absolute atomic E-state index is 12.5. The van der Waals surface area contributed by atoms with E-state index < -0.39 is 10.0 Å². The van der Waals surface area contributed by atoms with Crippen LogP contribution in [0.2, 0.25) is 5.02 Å². The smallest absolute Gasteiger partial charge is 0.263 e. The number of rotatable bonds is 4. The van der Waals surface area contributed by atoms with Crippen molar-refractivity contribution in [3.63, 3.8) is 0 Å². The third-order valence-electron chi connectivity index (χ3n) is 3.95. The van der Waals surface area contributed by atoms with E-state index in [0.717, 1.165) is 21.9 Å². The van der Waals surface area contributed by atoms with Crippen LogP contribution in [0.5, 0.6) is 0 Å². The first-order valence-electron chi connectivity index (χ1n) is 7.75. The third kappa shape index (κ3) is 3.09. The summed E-state index contributed by atoms with van der Waals surface area (Å²) in [4.78, 5) is 5.58. The van der Waals surface area contributed by atoms with Crippen molar-refractivity contribution in [2.75, 3.05) is 4.72 Å². The van der Waals surface area contributed by atoms with Gasteiger partial charge in [-0.2, -0.15) is 0 Å². The van der Waals surface area contributed by atoms with Gasteiger partial charge >= 0.3 is 0 Å². The summed E-state index contributed by atoms with van der Waals surface area (Å²) < 4.78 is 29.6. The van der Waals surface area contributed by atoms with Crippen molar-refractivity contribution in [2.24, 2.45) is 0 Å². The molecule has 0 saturated carbocycles. The summed E-state index contributed by atoms with van der Waals surface area (Å²) in [7, 11) is -3.74. The summed E-state index contributed by atoms with van der Waals surface area (Å²) in [5.41, 5.74) is 3.36. The Hall–Kier alpha value is -2.35. The van der Waals surface area contributed by atoms with Crippen molar-refractivity contribution in [3.05, 3.63) is 70.8 Å². The number of aromatic nitrogens is 2. The van der Waals surface area contributed by atoms with Crippen LogP contribution in [0.25, 0.3) is 16.2 Å². The average molecular weight is 404 g/mol. The maximum atomic E-state index is 12.5. The number of imidazole rings is 1. The Morgan fingerprint density at radius 3 is 2.54 bits per heavy atom. The van der Waals surface area contributed by atoms with Gasteiger partial charge in [0.15, 0.2) is 4.96 Å². The number of benzene rings is 2. The van der Waals surface area contributed by atoms with E-state index in [1.807, 2.05) is 29.7 Å². The van der Waals surface area contributed by atoms with Gasteiger partial charge in [0.1, 0.15) is 4.90 Å². The maximum Gasteiger partial charge on any atom is 0.263 e. The van der Waals surface area contributed by atoms with E-state index in [0.29, 0.717) is 5.69 Å². The van der Waals surface area contributed by atoms with E-state index in [4.69, 9.17) is 11.6 Å². The fraction of sp³-hybridized carbons (Fsp3) is 0.0556. The van der Waals surface area contributed by atoms with Gasteiger partial charge in [0.25, 0.3) is 10.0 Å². The molecule has 0 saturated heterocycles. The predicted molar refractivity (Wildman–Crippen MR) is 106 cm³/mol. The first kappa shape index (κ1) is 17.1. The first-order chi connectivity index (χ1) is 12.4. The Balaban J connectivity index is 1.61. The molecule has 4 rings (SSSR count). The predicted octanol–water partition coefficient (Wildman–Crippen LogP) is 4.83. The van der Waals surface area contributed by atoms with Gasteiger partial charge in [-0.15, -0.1) is 11.3 Å². The summed E-state index contributed by atoms with van der Waals surface area (Å²) >= 11 is 7.58. The Labute approximate surface area is 160 Å². The Morgan fingerprint density at radius 1 is 1.12 bits per heavy atom. The molecule has 0 unspecified atom stereocenters. The molecule has 132 valence electrons. The molecule has 2 aromatic heterocycles. The first-order valence-corrected chi connectivity index (χ1v) is 10.5. The van der Waals surface area contributed by atoms with Gasteiger partial charge in [0.05, 0.1) is 10.7 Å². The van der Waals surface area contributed by atoms with Gasteiger partial charge in [0, 0.05) is 28.5 Å². The zero-order valence-corrected chi connectivity index (χ0v) is 16.1. The minimum Gasteiger partial charge on any atom is -0.294 e. The van der Waals surface area contributed by atoms with Crippen LogP contribution in [0.4, 0.5) is 5.69 Å². The number of halogens is 1. The van der Waals surface area contributed by atoms with Gasteiger partial charge in [-0.3, -0.25) is 9.12 Å². The number of hydrogen-bond acceptors (Lipinski definition) is 4. The summed E-state index contributed by atoms with van der Waals surface area (Å²) in [5, 5.41) is 2.24. The van der Waals surface area contributed by atoms with Crippen LogP contribution < -0.4 is 4.72 Å². The molecule has 4 aromatic rings. The molecular weight excluding hydrogens is 390 g/mol. The standard InChI is InChI=1S/C18H14ClN3O2S2/c1-12-11-25-18-20-16(10-22(12)18)13-6-8-14(9-7-13)21-26(23,24)17-5-3-2-4-15(17)19/h2-11,21H,1H3. The van der Waals surface area contributed by atoms with Crippen LogP contribution in [0.1, 0.15) is 5.69 Å². The van der Waals surface area contributed by atoms with Crippen LogP contribution >= 0.6 is 22.9 Å². The molecule has 0 fully saturated rings. The molecule has 0 aliphatic heterocycles. The van der Waals surface area contributed by atoms with Crippen molar-refractivity contribution < 1.29 is 8.42 Å². The Kier molecular flexibility index (Phi) is 4.22. The number of anilines is 1. The molecule has 0 radical (unpaired) electrons. The van der Waals surface area contributed by atoms with E-state index in [1.165, 1.54) is 6.07 Å². The largest absolute Gasteiger partial charge is 0.294 e. The fourth-order valence-electron chi connectivity index (χ4n) is 2.61. The second-order valence-corrected chi connectivity index (χ2v) is 8.66. The number of nitrogens with one attached hydrogen (secondary N) is 1. The van der Waals surface area contributed by atoms with Crippen LogP contribution in [-0.2, 0) is 10.0 Å². The molecule has 0 atom stereocenters. The SMILES string of the molecule is Cc1csc2nc(-c3ccc(NS(=O)(=O)c4ccccc4Cl)cc3)cn12. The number of nitrogens with zero attached hydrogens (tertiary/aromatic N) is 2. The normalized spacial score (nSPS) is 11.8. The number of hydrogen-bond donors (Lipinski definition) is 1. The second-order valence-electron chi connectivity index (χ2n) is 5.77. The topological polar surface area (TPSA) is 63.5 Å². The molecule has 0 aliphatic rings. The highest BCUT2D eigenvalue weighted by Crippen LogP contribution is 2.26. The lowest BCUT2D eigenvalue weighted by Crippen LogP contribution is -2.13. The number of thiazole rings is 1. The zero-order chi connectivity index (χ0) is 18.3. The molecule has 0 bridgehead atoms. The molecule has 1 N–H and O–H groups in total. The second kappa shape index (κ2) is 6.42. The lowest BCUT2D eigenvalue weighted by atomic mass is 10.1. The monoisotopic (exact) mass is 403 g/mol. The molecule has 0 spiro atoms. The quantitative estimate of drug-likeness (QED) is 0.531. The fourth-order valence-corrected chi connectivity index (χ4v) is 5.04. The molecule has 2 heterocycles. The van der Waals surface area contributed by atoms with Crippen molar-refractivity contribution >= 4 is 43.6 Å². The van der Waals surface area contributed by atoms with Gasteiger partial charge < -0.3 is 0 Å². The molecule has 0 aliphatic carbocycles. The average Bonchev–Trinajstić information content (AvgIpc) is 3.18. The molecule has 26 heavy (non-hydrogen) atoms. The van der Waals surface area contributed by atoms with Gasteiger partial charge in [-0.05, 0) is 31.2 Å². The molecule has 2 aromatic carbocycles.